The molecule has 6 nitrogen and oxygen atoms in total. The monoisotopic (exact) mass is 365 g/mol. The number of nitrogens with zero attached hydrogens (tertiary/aromatic N) is 2. The van der Waals surface area contributed by atoms with E-state index in [2.05, 4.69) is 24.2 Å². The Kier molecular flexibility index (Phi) is 4.58. The van der Waals surface area contributed by atoms with E-state index in [1.54, 1.807) is 24.3 Å². The van der Waals surface area contributed by atoms with Gasteiger partial charge >= 0.3 is 6.09 Å². The van der Waals surface area contributed by atoms with Gasteiger partial charge in [-0.1, -0.05) is 24.3 Å². The Morgan fingerprint density at radius 2 is 1.81 bits per heavy atom. The third-order valence-corrected chi connectivity index (χ3v) is 5.39. The van der Waals surface area contributed by atoms with Crippen LogP contribution in [0.25, 0.3) is 0 Å². The molecule has 27 heavy (non-hydrogen) atoms. The van der Waals surface area contributed by atoms with Crippen LogP contribution in [0.2, 0.25) is 0 Å². The summed E-state index contributed by atoms with van der Waals surface area (Å²) in [5, 5.41) is 2.88. The highest BCUT2D eigenvalue weighted by Crippen LogP contribution is 2.38. The van der Waals surface area contributed by atoms with Gasteiger partial charge in [0.15, 0.2) is 0 Å². The summed E-state index contributed by atoms with van der Waals surface area (Å²) in [5.41, 5.74) is 2.18. The summed E-state index contributed by atoms with van der Waals surface area (Å²) in [6.07, 6.45) is 1.03. The van der Waals surface area contributed by atoms with Crippen LogP contribution in [0.1, 0.15) is 30.1 Å². The van der Waals surface area contributed by atoms with Gasteiger partial charge in [-0.15, -0.1) is 0 Å². The minimum Gasteiger partial charge on any atom is -0.445 e. The van der Waals surface area contributed by atoms with Crippen molar-refractivity contribution in [2.24, 2.45) is 0 Å². The van der Waals surface area contributed by atoms with Crippen molar-refractivity contribution in [1.82, 2.24) is 4.90 Å². The van der Waals surface area contributed by atoms with Gasteiger partial charge in [-0.25, -0.2) is 9.69 Å². The lowest BCUT2D eigenvalue weighted by molar-refractivity contribution is 0.0417. The molecule has 140 valence electrons. The molecule has 6 heteroatoms. The van der Waals surface area contributed by atoms with Gasteiger partial charge in [-0.2, -0.15) is 0 Å². The molecule has 0 saturated carbocycles. The quantitative estimate of drug-likeness (QED) is 0.829. The number of piperidine rings is 1. The van der Waals surface area contributed by atoms with E-state index in [0.29, 0.717) is 28.7 Å². The van der Waals surface area contributed by atoms with E-state index >= 15 is 0 Å². The number of amides is 2. The van der Waals surface area contributed by atoms with Gasteiger partial charge in [0, 0.05) is 12.6 Å². The van der Waals surface area contributed by atoms with Gasteiger partial charge in [0.05, 0.1) is 22.6 Å². The van der Waals surface area contributed by atoms with Crippen LogP contribution in [-0.2, 0) is 4.74 Å². The Hall–Kier alpha value is -2.86. The molecule has 1 saturated heterocycles. The molecule has 0 aromatic heterocycles. The molecular formula is C21H23N3O3. The van der Waals surface area contributed by atoms with Gasteiger partial charge in [0.25, 0.3) is 5.91 Å². The number of nitrogens with one attached hydrogen (secondary N) is 1. The van der Waals surface area contributed by atoms with Crippen molar-refractivity contribution in [2.45, 2.75) is 31.9 Å². The summed E-state index contributed by atoms with van der Waals surface area (Å²) in [7, 11) is 2.08. The molecule has 2 aromatic carbocycles. The third-order valence-electron chi connectivity index (χ3n) is 5.39. The van der Waals surface area contributed by atoms with E-state index in [4.69, 9.17) is 4.74 Å². The van der Waals surface area contributed by atoms with Crippen molar-refractivity contribution < 1.29 is 14.3 Å². The lowest BCUT2D eigenvalue weighted by Crippen LogP contribution is -2.43. The molecule has 4 rings (SSSR count). The Balaban J connectivity index is 1.70. The van der Waals surface area contributed by atoms with E-state index in [1.165, 1.54) is 4.90 Å². The Bertz CT molecular complexity index is 882. The van der Waals surface area contributed by atoms with Gasteiger partial charge in [0.2, 0.25) is 0 Å². The minimum atomic E-state index is -0.451. The standard InChI is InChI=1S/C21H23N3O3/c1-14-13-15(11-12-23(14)2)27-21(26)24-18-9-5-3-7-16(18)20(25)22-17-8-4-6-10-19(17)24/h3-10,14-15H,11-13H2,1-2H3,(H,22,25)/t14-,15-/m1/s1. The highest BCUT2D eigenvalue weighted by Gasteiger charge is 2.33. The van der Waals surface area contributed by atoms with Gasteiger partial charge in [-0.05, 0) is 51.1 Å². The topological polar surface area (TPSA) is 61.9 Å². The Morgan fingerprint density at radius 3 is 2.59 bits per heavy atom. The number of carbonyl (C=O) groups is 2. The summed E-state index contributed by atoms with van der Waals surface area (Å²) >= 11 is 0. The van der Waals surface area contributed by atoms with E-state index < -0.39 is 6.09 Å². The van der Waals surface area contributed by atoms with Crippen LogP contribution in [0.15, 0.2) is 48.5 Å². The number of hydrogen-bond acceptors (Lipinski definition) is 4. The molecule has 0 aliphatic carbocycles. The summed E-state index contributed by atoms with van der Waals surface area (Å²) in [6.45, 7) is 3.03. The first kappa shape index (κ1) is 17.5. The fourth-order valence-corrected chi connectivity index (χ4v) is 3.70. The number of benzene rings is 2. The van der Waals surface area contributed by atoms with Crippen LogP contribution >= 0.6 is 0 Å². The van der Waals surface area contributed by atoms with Gasteiger partial charge in [-0.3, -0.25) is 4.79 Å². The summed E-state index contributed by atoms with van der Waals surface area (Å²) in [5.74, 6) is -0.235. The van der Waals surface area contributed by atoms with Crippen molar-refractivity contribution in [1.29, 1.82) is 0 Å². The number of carbonyl (C=O) groups excluding carboxylic acids is 2. The van der Waals surface area contributed by atoms with Crippen LogP contribution in [0, 0.1) is 0 Å². The molecule has 0 bridgehead atoms. The fraction of sp³-hybridized carbons (Fsp3) is 0.333. The van der Waals surface area contributed by atoms with E-state index in [-0.39, 0.29) is 12.0 Å². The second-order valence-electron chi connectivity index (χ2n) is 7.18. The molecule has 0 spiro atoms. The molecule has 2 aliphatic rings. The van der Waals surface area contributed by atoms with Crippen LogP contribution in [0.3, 0.4) is 0 Å². The smallest absolute Gasteiger partial charge is 0.419 e. The number of rotatable bonds is 1. The molecule has 1 N–H and O–H groups in total. The predicted molar refractivity (Wildman–Crippen MR) is 105 cm³/mol. The molecule has 2 aliphatic heterocycles. The molecule has 2 heterocycles. The maximum absolute atomic E-state index is 13.2. The molecular weight excluding hydrogens is 342 g/mol. The SMILES string of the molecule is C[C@@H]1C[C@H](OC(=O)N2c3ccccc3NC(=O)c3ccccc32)CCN1C. The first-order chi connectivity index (χ1) is 13.0. The number of ether oxygens (including phenoxy) is 1. The maximum Gasteiger partial charge on any atom is 0.419 e. The zero-order valence-corrected chi connectivity index (χ0v) is 15.5. The van der Waals surface area contributed by atoms with Crippen LogP contribution in [0.5, 0.6) is 0 Å². The lowest BCUT2D eigenvalue weighted by atomic mass is 10.0. The summed E-state index contributed by atoms with van der Waals surface area (Å²) < 4.78 is 5.88. The fourth-order valence-electron chi connectivity index (χ4n) is 3.70. The lowest BCUT2D eigenvalue weighted by Gasteiger charge is -2.35. The summed E-state index contributed by atoms with van der Waals surface area (Å²) in [6, 6.07) is 14.7. The zero-order valence-electron chi connectivity index (χ0n) is 15.5. The third kappa shape index (κ3) is 3.28. The average Bonchev–Trinajstić information content (AvgIpc) is 2.79. The molecule has 2 aromatic rings. The van der Waals surface area contributed by atoms with Crippen molar-refractivity contribution >= 4 is 29.1 Å². The molecule has 2 atom stereocenters. The van der Waals surface area contributed by atoms with Crippen molar-refractivity contribution in [3.8, 4) is 0 Å². The maximum atomic E-state index is 13.2. The van der Waals surface area contributed by atoms with Crippen LogP contribution < -0.4 is 10.2 Å². The highest BCUT2D eigenvalue weighted by atomic mass is 16.6. The molecule has 2 amide bonds. The second kappa shape index (κ2) is 7.04. The predicted octanol–water partition coefficient (Wildman–Crippen LogP) is 4.01. The Morgan fingerprint density at radius 1 is 1.11 bits per heavy atom. The normalized spacial score (nSPS) is 22.3. The Labute approximate surface area is 158 Å². The largest absolute Gasteiger partial charge is 0.445 e. The van der Waals surface area contributed by atoms with E-state index in [1.807, 2.05) is 24.3 Å². The highest BCUT2D eigenvalue weighted by molar-refractivity contribution is 6.16. The van der Waals surface area contributed by atoms with E-state index in [0.717, 1.165) is 19.4 Å². The number of para-hydroxylation sites is 3. The zero-order chi connectivity index (χ0) is 19.0. The number of anilines is 3. The minimum absolute atomic E-state index is 0.130. The molecule has 0 radical (unpaired) electrons. The van der Waals surface area contributed by atoms with E-state index in [9.17, 15) is 9.59 Å². The van der Waals surface area contributed by atoms with Gasteiger partial charge < -0.3 is 15.0 Å². The van der Waals surface area contributed by atoms with Crippen LogP contribution in [0.4, 0.5) is 21.9 Å². The van der Waals surface area contributed by atoms with Gasteiger partial charge in [0.1, 0.15) is 6.10 Å². The second-order valence-corrected chi connectivity index (χ2v) is 7.18. The number of fused-ring (bicyclic) bond motifs is 2. The first-order valence-electron chi connectivity index (χ1n) is 9.25. The van der Waals surface area contributed by atoms with Crippen molar-refractivity contribution in [3.05, 3.63) is 54.1 Å². The molecule has 1 fully saturated rings. The first-order valence-corrected chi connectivity index (χ1v) is 9.25. The number of hydrogen-bond donors (Lipinski definition) is 1. The van der Waals surface area contributed by atoms with Crippen molar-refractivity contribution in [2.75, 3.05) is 23.8 Å². The number of likely N-dealkylation sites (tertiary alicyclic amines) is 1. The van der Waals surface area contributed by atoms with Crippen LogP contribution in [-0.4, -0.2) is 42.6 Å². The summed E-state index contributed by atoms with van der Waals surface area (Å²) in [4.78, 5) is 29.6. The van der Waals surface area contributed by atoms with Crippen molar-refractivity contribution in [3.63, 3.8) is 0 Å². The molecule has 0 unspecified atom stereocenters. The average molecular weight is 365 g/mol.